The van der Waals surface area contributed by atoms with Crippen LogP contribution in [0.15, 0.2) is 36.1 Å². The van der Waals surface area contributed by atoms with E-state index in [1.165, 1.54) is 19.3 Å². The summed E-state index contributed by atoms with van der Waals surface area (Å²) >= 11 is 0. The fraction of sp³-hybridized carbons (Fsp3) is 0.577. The lowest BCUT2D eigenvalue weighted by atomic mass is 9.80. The van der Waals surface area contributed by atoms with Gasteiger partial charge in [-0.1, -0.05) is 37.3 Å². The standard InChI is InChI=1S/C26H35NO4/c1-3-20-12-14-21(15-13-20)23-19-24(25(29)27-16-8-6-5-7-9-17-27)31-26(30-4-2)22(23)11-10-18-28/h1,12-15,19,22-23,26,28H,4-11,16-18H2,2H3/t22-,23+,26+/m0/s1. The van der Waals surface area contributed by atoms with Gasteiger partial charge in [0.25, 0.3) is 5.91 Å². The van der Waals surface area contributed by atoms with Crippen molar-refractivity contribution < 1.29 is 19.4 Å². The van der Waals surface area contributed by atoms with Gasteiger partial charge < -0.3 is 19.5 Å². The first-order valence-electron chi connectivity index (χ1n) is 11.6. The molecule has 0 aliphatic carbocycles. The Kier molecular flexibility index (Phi) is 8.99. The number of benzene rings is 1. The summed E-state index contributed by atoms with van der Waals surface area (Å²) in [6, 6.07) is 7.90. The van der Waals surface area contributed by atoms with E-state index in [1.807, 2.05) is 42.2 Å². The van der Waals surface area contributed by atoms with Crippen LogP contribution in [-0.2, 0) is 14.3 Å². The second-order valence-electron chi connectivity index (χ2n) is 8.35. The minimum Gasteiger partial charge on any atom is -0.459 e. The van der Waals surface area contributed by atoms with Crippen molar-refractivity contribution in [2.24, 2.45) is 5.92 Å². The van der Waals surface area contributed by atoms with Crippen LogP contribution in [0.5, 0.6) is 0 Å². The van der Waals surface area contributed by atoms with E-state index in [-0.39, 0.29) is 24.3 Å². The van der Waals surface area contributed by atoms with Gasteiger partial charge in [-0.15, -0.1) is 6.42 Å². The number of carbonyl (C=O) groups excluding carboxylic acids is 1. The Hall–Kier alpha value is -2.29. The normalized spacial score (nSPS) is 24.4. The van der Waals surface area contributed by atoms with Gasteiger partial charge in [0.15, 0.2) is 5.76 Å². The van der Waals surface area contributed by atoms with E-state index in [0.717, 1.165) is 43.5 Å². The molecule has 5 nitrogen and oxygen atoms in total. The number of likely N-dealkylation sites (tertiary alicyclic amines) is 1. The predicted octanol–water partition coefficient (Wildman–Crippen LogP) is 4.21. The highest BCUT2D eigenvalue weighted by Crippen LogP contribution is 2.39. The summed E-state index contributed by atoms with van der Waals surface area (Å²) in [5, 5.41) is 9.42. The molecule has 2 aliphatic rings. The lowest BCUT2D eigenvalue weighted by Gasteiger charge is -2.38. The molecule has 31 heavy (non-hydrogen) atoms. The first-order valence-corrected chi connectivity index (χ1v) is 11.6. The highest BCUT2D eigenvalue weighted by molar-refractivity contribution is 5.91. The molecule has 0 saturated carbocycles. The fourth-order valence-corrected chi connectivity index (χ4v) is 4.55. The van der Waals surface area contributed by atoms with Gasteiger partial charge in [0, 0.05) is 43.7 Å². The van der Waals surface area contributed by atoms with Crippen molar-refractivity contribution >= 4 is 5.91 Å². The van der Waals surface area contributed by atoms with Gasteiger partial charge in [-0.2, -0.15) is 0 Å². The Bertz CT molecular complexity index is 772. The van der Waals surface area contributed by atoms with Gasteiger partial charge in [-0.25, -0.2) is 0 Å². The quantitative estimate of drug-likeness (QED) is 0.665. The van der Waals surface area contributed by atoms with E-state index in [2.05, 4.69) is 5.92 Å². The minimum absolute atomic E-state index is 0.00710. The molecule has 3 atom stereocenters. The van der Waals surface area contributed by atoms with Crippen molar-refractivity contribution in [3.8, 4) is 12.3 Å². The van der Waals surface area contributed by atoms with Crippen LogP contribution in [0.4, 0.5) is 0 Å². The highest BCUT2D eigenvalue weighted by Gasteiger charge is 2.38. The van der Waals surface area contributed by atoms with Crippen LogP contribution in [-0.4, -0.2) is 48.5 Å². The van der Waals surface area contributed by atoms with Gasteiger partial charge in [-0.3, -0.25) is 4.79 Å². The van der Waals surface area contributed by atoms with Crippen LogP contribution in [0.1, 0.15) is 68.9 Å². The van der Waals surface area contributed by atoms with Crippen molar-refractivity contribution in [2.45, 2.75) is 64.1 Å². The number of allylic oxidation sites excluding steroid dienone is 1. The number of carbonyl (C=O) groups is 1. The van der Waals surface area contributed by atoms with E-state index < -0.39 is 6.29 Å². The van der Waals surface area contributed by atoms with Crippen molar-refractivity contribution in [1.82, 2.24) is 4.90 Å². The van der Waals surface area contributed by atoms with E-state index >= 15 is 0 Å². The summed E-state index contributed by atoms with van der Waals surface area (Å²) in [6.07, 6.45) is 14.0. The van der Waals surface area contributed by atoms with Gasteiger partial charge in [0.05, 0.1) is 0 Å². The average Bonchev–Trinajstić information content (AvgIpc) is 2.77. The molecule has 2 heterocycles. The number of terminal acetylenes is 1. The van der Waals surface area contributed by atoms with Crippen LogP contribution in [0.25, 0.3) is 0 Å². The highest BCUT2D eigenvalue weighted by atomic mass is 16.7. The zero-order valence-electron chi connectivity index (χ0n) is 18.6. The number of hydrogen-bond acceptors (Lipinski definition) is 4. The predicted molar refractivity (Wildman–Crippen MR) is 121 cm³/mol. The average molecular weight is 426 g/mol. The Labute approximate surface area is 186 Å². The molecular formula is C26H35NO4. The second kappa shape index (κ2) is 11.9. The van der Waals surface area contributed by atoms with Gasteiger partial charge >= 0.3 is 0 Å². The molecule has 0 aromatic heterocycles. The molecule has 2 aliphatic heterocycles. The van der Waals surface area contributed by atoms with E-state index in [9.17, 15) is 9.90 Å². The van der Waals surface area contributed by atoms with Gasteiger partial charge in [-0.05, 0) is 56.4 Å². The van der Waals surface area contributed by atoms with E-state index in [1.54, 1.807) is 0 Å². The van der Waals surface area contributed by atoms with E-state index in [4.69, 9.17) is 15.9 Å². The van der Waals surface area contributed by atoms with Gasteiger partial charge in [0.2, 0.25) is 6.29 Å². The number of aliphatic hydroxyl groups excluding tert-OH is 1. The molecule has 0 radical (unpaired) electrons. The zero-order chi connectivity index (χ0) is 22.1. The summed E-state index contributed by atoms with van der Waals surface area (Å²) < 4.78 is 12.1. The summed E-state index contributed by atoms with van der Waals surface area (Å²) in [5.74, 6) is 2.95. The molecule has 0 bridgehead atoms. The molecule has 0 unspecified atom stereocenters. The third kappa shape index (κ3) is 6.12. The maximum Gasteiger partial charge on any atom is 0.288 e. The monoisotopic (exact) mass is 425 g/mol. The topological polar surface area (TPSA) is 59.0 Å². The van der Waals surface area contributed by atoms with Crippen molar-refractivity contribution in [2.75, 3.05) is 26.3 Å². The summed E-state index contributed by atoms with van der Waals surface area (Å²) in [4.78, 5) is 15.3. The molecule has 1 aromatic rings. The Morgan fingerprint density at radius 2 is 1.87 bits per heavy atom. The lowest BCUT2D eigenvalue weighted by molar-refractivity contribution is -0.170. The lowest BCUT2D eigenvalue weighted by Crippen LogP contribution is -2.41. The van der Waals surface area contributed by atoms with Crippen molar-refractivity contribution in [1.29, 1.82) is 0 Å². The maximum absolute atomic E-state index is 13.4. The van der Waals surface area contributed by atoms with Crippen LogP contribution >= 0.6 is 0 Å². The summed E-state index contributed by atoms with van der Waals surface area (Å²) in [5.41, 5.74) is 1.90. The molecular weight excluding hydrogens is 390 g/mol. The number of nitrogens with zero attached hydrogens (tertiary/aromatic N) is 1. The number of hydrogen-bond donors (Lipinski definition) is 1. The van der Waals surface area contributed by atoms with Crippen molar-refractivity contribution in [3.63, 3.8) is 0 Å². The maximum atomic E-state index is 13.4. The molecule has 3 rings (SSSR count). The molecule has 1 N–H and O–H groups in total. The Morgan fingerprint density at radius 1 is 1.19 bits per heavy atom. The summed E-state index contributed by atoms with van der Waals surface area (Å²) in [6.45, 7) is 4.08. The first kappa shape index (κ1) is 23.4. The molecule has 1 amide bonds. The largest absolute Gasteiger partial charge is 0.459 e. The molecule has 5 heteroatoms. The molecule has 1 saturated heterocycles. The summed E-state index contributed by atoms with van der Waals surface area (Å²) in [7, 11) is 0. The number of amides is 1. The van der Waals surface area contributed by atoms with Crippen LogP contribution < -0.4 is 0 Å². The second-order valence-corrected chi connectivity index (χ2v) is 8.35. The third-order valence-corrected chi connectivity index (χ3v) is 6.23. The Morgan fingerprint density at radius 3 is 2.48 bits per heavy atom. The number of rotatable bonds is 7. The minimum atomic E-state index is -0.521. The zero-order valence-corrected chi connectivity index (χ0v) is 18.6. The Balaban J connectivity index is 1.92. The number of aliphatic hydroxyl groups is 1. The first-order chi connectivity index (χ1) is 15.2. The van der Waals surface area contributed by atoms with Crippen LogP contribution in [0.3, 0.4) is 0 Å². The van der Waals surface area contributed by atoms with Crippen LogP contribution in [0.2, 0.25) is 0 Å². The molecule has 0 spiro atoms. The van der Waals surface area contributed by atoms with Gasteiger partial charge in [0.1, 0.15) is 0 Å². The smallest absolute Gasteiger partial charge is 0.288 e. The van der Waals surface area contributed by atoms with E-state index in [0.29, 0.717) is 18.8 Å². The fourth-order valence-electron chi connectivity index (χ4n) is 4.55. The SMILES string of the molecule is C#Cc1ccc([C@H]2C=C(C(=O)N3CCCCCCC3)O[C@@H](OCC)[C@H]2CCCO)cc1. The van der Waals surface area contributed by atoms with Crippen molar-refractivity contribution in [3.05, 3.63) is 47.2 Å². The molecule has 1 aromatic carbocycles. The molecule has 168 valence electrons. The molecule has 1 fully saturated rings. The number of ether oxygens (including phenoxy) is 2. The third-order valence-electron chi connectivity index (χ3n) is 6.23. The van der Waals surface area contributed by atoms with Crippen LogP contribution in [0, 0.1) is 18.3 Å².